The molecule has 0 aliphatic carbocycles. The zero-order valence-electron chi connectivity index (χ0n) is 10.8. The van der Waals surface area contributed by atoms with E-state index in [1.807, 2.05) is 12.1 Å². The highest BCUT2D eigenvalue weighted by Crippen LogP contribution is 2.34. The first-order chi connectivity index (χ1) is 9.13. The van der Waals surface area contributed by atoms with Gasteiger partial charge in [0.05, 0.1) is 32.3 Å². The summed E-state index contributed by atoms with van der Waals surface area (Å²) in [5.74, 6) is -0.189. The Morgan fingerprint density at radius 3 is 2.47 bits per heavy atom. The van der Waals surface area contributed by atoms with Gasteiger partial charge < -0.3 is 9.47 Å². The summed E-state index contributed by atoms with van der Waals surface area (Å²) in [6, 6.07) is 10.5. The molecule has 0 N–H and O–H groups in total. The molecule has 1 aromatic carbocycles. The van der Waals surface area contributed by atoms with Gasteiger partial charge in [0, 0.05) is 5.56 Å². The van der Waals surface area contributed by atoms with Crippen LogP contribution in [-0.2, 0) is 14.9 Å². The van der Waals surface area contributed by atoms with Gasteiger partial charge in [-0.3, -0.25) is 4.79 Å². The summed E-state index contributed by atoms with van der Waals surface area (Å²) in [6.45, 7) is 1.87. The fraction of sp³-hybridized carbons (Fsp3) is 0.357. The van der Waals surface area contributed by atoms with Gasteiger partial charge in [-0.25, -0.2) is 0 Å². The van der Waals surface area contributed by atoms with Gasteiger partial charge in [0.15, 0.2) is 5.41 Å². The van der Waals surface area contributed by atoms with Crippen LogP contribution in [-0.4, -0.2) is 19.7 Å². The molecular formula is C14H14N2O3. The van der Waals surface area contributed by atoms with Gasteiger partial charge in [-0.2, -0.15) is 10.5 Å². The second-order valence-corrected chi connectivity index (χ2v) is 3.81. The van der Waals surface area contributed by atoms with Crippen molar-refractivity contribution in [2.75, 3.05) is 13.7 Å². The number of rotatable bonds is 5. The average Bonchev–Trinajstić information content (AvgIpc) is 2.45. The molecule has 0 unspecified atom stereocenters. The van der Waals surface area contributed by atoms with E-state index >= 15 is 0 Å². The highest BCUT2D eigenvalue weighted by molar-refractivity contribution is 5.74. The lowest BCUT2D eigenvalue weighted by Crippen LogP contribution is -2.27. The Morgan fingerprint density at radius 1 is 1.32 bits per heavy atom. The Bertz CT molecular complexity index is 526. The molecular weight excluding hydrogens is 244 g/mol. The molecule has 1 rings (SSSR count). The topological polar surface area (TPSA) is 83.1 Å². The average molecular weight is 258 g/mol. The number of hydrogen-bond acceptors (Lipinski definition) is 5. The van der Waals surface area contributed by atoms with Crippen LogP contribution in [0.25, 0.3) is 0 Å². The molecule has 19 heavy (non-hydrogen) atoms. The van der Waals surface area contributed by atoms with E-state index in [4.69, 9.17) is 9.47 Å². The Hall–Kier alpha value is -2.53. The number of esters is 1. The summed E-state index contributed by atoms with van der Waals surface area (Å²) < 4.78 is 9.96. The van der Waals surface area contributed by atoms with E-state index in [2.05, 4.69) is 0 Å². The molecule has 1 aromatic rings. The maximum absolute atomic E-state index is 11.6. The largest absolute Gasteiger partial charge is 0.496 e. The number of carbonyl (C=O) groups is 1. The molecule has 0 amide bonds. The van der Waals surface area contributed by atoms with E-state index in [-0.39, 0.29) is 13.0 Å². The smallest absolute Gasteiger partial charge is 0.308 e. The van der Waals surface area contributed by atoms with Crippen LogP contribution in [0.2, 0.25) is 0 Å². The van der Waals surface area contributed by atoms with Crippen molar-refractivity contribution in [3.05, 3.63) is 29.8 Å². The number of para-hydroxylation sites is 1. The number of carbonyl (C=O) groups excluding carboxylic acids is 1. The lowest BCUT2D eigenvalue weighted by molar-refractivity contribution is -0.143. The third-order valence-electron chi connectivity index (χ3n) is 2.66. The van der Waals surface area contributed by atoms with Crippen molar-refractivity contribution in [1.82, 2.24) is 0 Å². The lowest BCUT2D eigenvalue weighted by atomic mass is 9.80. The molecule has 0 bridgehead atoms. The molecule has 5 nitrogen and oxygen atoms in total. The number of nitriles is 2. The number of benzene rings is 1. The SMILES string of the molecule is CCOC(=O)CC(C#N)(C#N)c1ccccc1OC. The third-order valence-corrected chi connectivity index (χ3v) is 2.66. The molecule has 98 valence electrons. The molecule has 0 heterocycles. The first kappa shape index (κ1) is 14.5. The standard InChI is InChI=1S/C14H14N2O3/c1-3-19-13(17)8-14(9-15,10-16)11-6-4-5-7-12(11)18-2/h4-7H,3,8H2,1-2H3. The van der Waals surface area contributed by atoms with Crippen LogP contribution in [0.5, 0.6) is 5.75 Å². The van der Waals surface area contributed by atoms with Gasteiger partial charge in [0.2, 0.25) is 0 Å². The number of nitrogens with zero attached hydrogens (tertiary/aromatic N) is 2. The lowest BCUT2D eigenvalue weighted by Gasteiger charge is -2.20. The quantitative estimate of drug-likeness (QED) is 0.753. The Balaban J connectivity index is 3.24. The molecule has 0 spiro atoms. The normalized spacial score (nSPS) is 10.1. The molecule has 0 saturated heterocycles. The highest BCUT2D eigenvalue weighted by atomic mass is 16.5. The summed E-state index contributed by atoms with van der Waals surface area (Å²) in [4.78, 5) is 11.6. The first-order valence-electron chi connectivity index (χ1n) is 5.75. The van der Waals surface area contributed by atoms with Crippen LogP contribution < -0.4 is 4.74 Å². The summed E-state index contributed by atoms with van der Waals surface area (Å²) >= 11 is 0. The van der Waals surface area contributed by atoms with Crippen molar-refractivity contribution in [3.8, 4) is 17.9 Å². The summed E-state index contributed by atoms with van der Waals surface area (Å²) in [5, 5.41) is 18.7. The molecule has 5 heteroatoms. The van der Waals surface area contributed by atoms with Crippen LogP contribution >= 0.6 is 0 Å². The fourth-order valence-electron chi connectivity index (χ4n) is 1.75. The predicted molar refractivity (Wildman–Crippen MR) is 67.1 cm³/mol. The van der Waals surface area contributed by atoms with Gasteiger partial charge in [-0.05, 0) is 13.0 Å². The number of hydrogen-bond donors (Lipinski definition) is 0. The highest BCUT2D eigenvalue weighted by Gasteiger charge is 2.38. The number of methoxy groups -OCH3 is 1. The van der Waals surface area contributed by atoms with Gasteiger partial charge in [0.1, 0.15) is 5.75 Å². The number of ether oxygens (including phenoxy) is 2. The van der Waals surface area contributed by atoms with Crippen molar-refractivity contribution in [2.45, 2.75) is 18.8 Å². The van der Waals surface area contributed by atoms with Crippen LogP contribution in [0.1, 0.15) is 18.9 Å². The van der Waals surface area contributed by atoms with Crippen molar-refractivity contribution in [2.24, 2.45) is 0 Å². The summed E-state index contributed by atoms with van der Waals surface area (Å²) in [7, 11) is 1.45. The molecule has 0 aromatic heterocycles. The van der Waals surface area contributed by atoms with Crippen molar-refractivity contribution < 1.29 is 14.3 Å². The zero-order chi connectivity index (χ0) is 14.3. The Kier molecular flexibility index (Phi) is 4.91. The molecule has 0 radical (unpaired) electrons. The maximum Gasteiger partial charge on any atom is 0.308 e. The Morgan fingerprint density at radius 2 is 1.95 bits per heavy atom. The van der Waals surface area contributed by atoms with Crippen LogP contribution in [0.3, 0.4) is 0 Å². The predicted octanol–water partition coefficient (Wildman–Crippen LogP) is 1.93. The van der Waals surface area contributed by atoms with Crippen molar-refractivity contribution in [1.29, 1.82) is 10.5 Å². The third kappa shape index (κ3) is 3.02. The zero-order valence-corrected chi connectivity index (χ0v) is 10.8. The van der Waals surface area contributed by atoms with Gasteiger partial charge in [-0.15, -0.1) is 0 Å². The van der Waals surface area contributed by atoms with E-state index in [1.54, 1.807) is 31.2 Å². The Labute approximate surface area is 112 Å². The van der Waals surface area contributed by atoms with Crippen LogP contribution in [0.4, 0.5) is 0 Å². The molecule has 0 aliphatic heterocycles. The second kappa shape index (κ2) is 6.42. The van der Waals surface area contributed by atoms with E-state index in [9.17, 15) is 15.3 Å². The van der Waals surface area contributed by atoms with Gasteiger partial charge in [0.25, 0.3) is 0 Å². The molecule has 0 fully saturated rings. The van der Waals surface area contributed by atoms with Crippen molar-refractivity contribution >= 4 is 5.97 Å². The van der Waals surface area contributed by atoms with Crippen LogP contribution in [0.15, 0.2) is 24.3 Å². The van der Waals surface area contributed by atoms with Gasteiger partial charge in [-0.1, -0.05) is 18.2 Å². The molecule has 0 saturated carbocycles. The van der Waals surface area contributed by atoms with Crippen molar-refractivity contribution in [3.63, 3.8) is 0 Å². The van der Waals surface area contributed by atoms with E-state index in [0.717, 1.165) is 0 Å². The van der Waals surface area contributed by atoms with E-state index in [0.29, 0.717) is 11.3 Å². The summed E-state index contributed by atoms with van der Waals surface area (Å²) in [6.07, 6.45) is -0.325. The second-order valence-electron chi connectivity index (χ2n) is 3.81. The minimum atomic E-state index is -1.60. The van der Waals surface area contributed by atoms with Crippen LogP contribution in [0, 0.1) is 22.7 Å². The monoisotopic (exact) mass is 258 g/mol. The molecule has 0 atom stereocenters. The van der Waals surface area contributed by atoms with E-state index in [1.165, 1.54) is 7.11 Å². The first-order valence-corrected chi connectivity index (χ1v) is 5.75. The van der Waals surface area contributed by atoms with Gasteiger partial charge >= 0.3 is 5.97 Å². The summed E-state index contributed by atoms with van der Waals surface area (Å²) in [5.41, 5.74) is -1.23. The minimum absolute atomic E-state index is 0.206. The fourth-order valence-corrected chi connectivity index (χ4v) is 1.75. The minimum Gasteiger partial charge on any atom is -0.496 e. The van der Waals surface area contributed by atoms with E-state index < -0.39 is 11.4 Å². The molecule has 0 aliphatic rings. The maximum atomic E-state index is 11.6.